The first kappa shape index (κ1) is 11.1. The second-order valence-corrected chi connectivity index (χ2v) is 5.24. The van der Waals surface area contributed by atoms with Gasteiger partial charge in [0.25, 0.3) is 5.91 Å². The summed E-state index contributed by atoms with van der Waals surface area (Å²) in [5, 5.41) is 0.781. The van der Waals surface area contributed by atoms with Gasteiger partial charge in [-0.15, -0.1) is 11.3 Å². The van der Waals surface area contributed by atoms with Gasteiger partial charge in [-0.2, -0.15) is 0 Å². The van der Waals surface area contributed by atoms with Crippen LogP contribution in [0, 0.1) is 0 Å². The zero-order valence-electron chi connectivity index (χ0n) is 9.84. The second-order valence-electron chi connectivity index (χ2n) is 4.13. The standard InChI is InChI=1S/C13H12N2O2S/c1-15-9-6-8(11-4-5-12(14)18-11)2-3-10(9)17-7-13(15)16/h2-6H,7,14H2,1H3. The number of hydrogen-bond acceptors (Lipinski definition) is 4. The molecule has 1 aromatic carbocycles. The van der Waals surface area contributed by atoms with E-state index in [-0.39, 0.29) is 12.5 Å². The lowest BCUT2D eigenvalue weighted by molar-refractivity contribution is -0.120. The van der Waals surface area contributed by atoms with E-state index in [4.69, 9.17) is 10.5 Å². The topological polar surface area (TPSA) is 55.6 Å². The number of carbonyl (C=O) groups is 1. The van der Waals surface area contributed by atoms with E-state index in [1.165, 1.54) is 11.3 Å². The van der Waals surface area contributed by atoms with Crippen LogP contribution in [-0.2, 0) is 4.79 Å². The number of amides is 1. The van der Waals surface area contributed by atoms with Gasteiger partial charge >= 0.3 is 0 Å². The molecule has 1 aliphatic heterocycles. The van der Waals surface area contributed by atoms with Crippen LogP contribution in [0.4, 0.5) is 10.7 Å². The summed E-state index contributed by atoms with van der Waals surface area (Å²) in [6.45, 7) is 0.106. The van der Waals surface area contributed by atoms with Crippen LogP contribution in [0.1, 0.15) is 0 Å². The zero-order valence-corrected chi connectivity index (χ0v) is 10.7. The van der Waals surface area contributed by atoms with Gasteiger partial charge in [0.15, 0.2) is 6.61 Å². The normalized spacial score (nSPS) is 14.3. The van der Waals surface area contributed by atoms with E-state index >= 15 is 0 Å². The van der Waals surface area contributed by atoms with Crippen LogP contribution in [0.2, 0.25) is 0 Å². The average Bonchev–Trinajstić information content (AvgIpc) is 2.80. The number of thiophene rings is 1. The molecule has 0 fully saturated rings. The molecule has 0 saturated carbocycles. The van der Waals surface area contributed by atoms with E-state index in [9.17, 15) is 4.79 Å². The highest BCUT2D eigenvalue weighted by Crippen LogP contribution is 2.37. The molecular weight excluding hydrogens is 248 g/mol. The number of rotatable bonds is 1. The highest BCUT2D eigenvalue weighted by Gasteiger charge is 2.22. The number of hydrogen-bond donors (Lipinski definition) is 1. The van der Waals surface area contributed by atoms with Crippen LogP contribution in [0.15, 0.2) is 30.3 Å². The first-order valence-corrected chi connectivity index (χ1v) is 6.36. The average molecular weight is 260 g/mol. The Morgan fingerprint density at radius 2 is 2.17 bits per heavy atom. The number of nitrogens with two attached hydrogens (primary N) is 1. The lowest BCUT2D eigenvalue weighted by atomic mass is 10.1. The quantitative estimate of drug-likeness (QED) is 0.856. The summed E-state index contributed by atoms with van der Waals surface area (Å²) in [6.07, 6.45) is 0. The Labute approximate surface area is 109 Å². The number of ether oxygens (including phenoxy) is 1. The van der Waals surface area contributed by atoms with Gasteiger partial charge in [-0.05, 0) is 35.9 Å². The number of nitrogen functional groups attached to an aromatic ring is 1. The number of benzene rings is 1. The lowest BCUT2D eigenvalue weighted by Gasteiger charge is -2.26. The highest BCUT2D eigenvalue weighted by molar-refractivity contribution is 7.19. The van der Waals surface area contributed by atoms with E-state index in [0.29, 0.717) is 0 Å². The Hall–Kier alpha value is -2.01. The summed E-state index contributed by atoms with van der Waals surface area (Å²) in [5.74, 6) is 0.704. The molecule has 2 heterocycles. The van der Waals surface area contributed by atoms with Crippen LogP contribution in [0.5, 0.6) is 5.75 Å². The summed E-state index contributed by atoms with van der Waals surface area (Å²) in [5.41, 5.74) is 7.58. The minimum atomic E-state index is -0.0367. The molecule has 18 heavy (non-hydrogen) atoms. The molecule has 1 aliphatic rings. The third-order valence-corrected chi connectivity index (χ3v) is 3.92. The summed E-state index contributed by atoms with van der Waals surface area (Å²) in [4.78, 5) is 14.3. The van der Waals surface area contributed by atoms with E-state index in [1.807, 2.05) is 30.3 Å². The fraction of sp³-hybridized carbons (Fsp3) is 0.154. The fourth-order valence-electron chi connectivity index (χ4n) is 1.93. The number of fused-ring (bicyclic) bond motifs is 1. The van der Waals surface area contributed by atoms with Crippen molar-refractivity contribution in [3.05, 3.63) is 30.3 Å². The maximum atomic E-state index is 11.6. The third-order valence-electron chi connectivity index (χ3n) is 2.96. The Bertz CT molecular complexity index is 621. The number of likely N-dealkylation sites (N-methyl/N-ethyl adjacent to an activating group) is 1. The Morgan fingerprint density at radius 3 is 2.89 bits per heavy atom. The van der Waals surface area contributed by atoms with Crippen molar-refractivity contribution in [2.45, 2.75) is 0 Å². The van der Waals surface area contributed by atoms with Crippen molar-refractivity contribution >= 4 is 27.9 Å². The van der Waals surface area contributed by atoms with Crippen LogP contribution >= 0.6 is 11.3 Å². The van der Waals surface area contributed by atoms with Gasteiger partial charge < -0.3 is 15.4 Å². The molecule has 5 heteroatoms. The first-order chi connectivity index (χ1) is 8.65. The minimum absolute atomic E-state index is 0.0367. The second kappa shape index (κ2) is 4.03. The molecule has 0 atom stereocenters. The molecule has 2 N–H and O–H groups in total. The van der Waals surface area contributed by atoms with Gasteiger partial charge in [0.05, 0.1) is 10.7 Å². The monoisotopic (exact) mass is 260 g/mol. The fourth-order valence-corrected chi connectivity index (χ4v) is 2.70. The maximum absolute atomic E-state index is 11.6. The third kappa shape index (κ3) is 1.73. The van der Waals surface area contributed by atoms with Gasteiger partial charge in [0.2, 0.25) is 0 Å². The lowest BCUT2D eigenvalue weighted by Crippen LogP contribution is -2.35. The van der Waals surface area contributed by atoms with Gasteiger partial charge in [0.1, 0.15) is 5.75 Å². The van der Waals surface area contributed by atoms with Crippen LogP contribution < -0.4 is 15.4 Å². The minimum Gasteiger partial charge on any atom is -0.482 e. The summed E-state index contributed by atoms with van der Waals surface area (Å²) < 4.78 is 5.39. The van der Waals surface area contributed by atoms with E-state index in [1.54, 1.807) is 11.9 Å². The van der Waals surface area contributed by atoms with Crippen LogP contribution in [0.3, 0.4) is 0 Å². The first-order valence-electron chi connectivity index (χ1n) is 5.54. The largest absolute Gasteiger partial charge is 0.482 e. The molecule has 3 rings (SSSR count). The molecule has 1 amide bonds. The molecule has 0 saturated heterocycles. The van der Waals surface area contributed by atoms with Crippen LogP contribution in [0.25, 0.3) is 10.4 Å². The van der Waals surface area contributed by atoms with Gasteiger partial charge in [-0.25, -0.2) is 0 Å². The number of carbonyl (C=O) groups excluding carboxylic acids is 1. The van der Waals surface area contributed by atoms with Crippen molar-refractivity contribution in [3.63, 3.8) is 0 Å². The molecule has 0 unspecified atom stereocenters. The SMILES string of the molecule is CN1C(=O)COc2ccc(-c3ccc(N)s3)cc21. The molecular formula is C13H12N2O2S. The number of nitrogens with zero attached hydrogens (tertiary/aromatic N) is 1. The maximum Gasteiger partial charge on any atom is 0.264 e. The molecule has 0 spiro atoms. The van der Waals surface area contributed by atoms with Gasteiger partial charge in [0, 0.05) is 11.9 Å². The van der Waals surface area contributed by atoms with Crippen molar-refractivity contribution in [1.29, 1.82) is 0 Å². The van der Waals surface area contributed by atoms with Gasteiger partial charge in [-0.1, -0.05) is 0 Å². The predicted octanol–water partition coefficient (Wildman–Crippen LogP) is 2.35. The van der Waals surface area contributed by atoms with Crippen molar-refractivity contribution in [1.82, 2.24) is 0 Å². The molecule has 0 bridgehead atoms. The molecule has 1 aromatic heterocycles. The predicted molar refractivity (Wildman–Crippen MR) is 73.1 cm³/mol. The molecule has 0 radical (unpaired) electrons. The van der Waals surface area contributed by atoms with Crippen molar-refractivity contribution in [2.24, 2.45) is 0 Å². The van der Waals surface area contributed by atoms with Crippen molar-refractivity contribution in [2.75, 3.05) is 24.3 Å². The summed E-state index contributed by atoms with van der Waals surface area (Å²) >= 11 is 1.53. The van der Waals surface area contributed by atoms with Crippen molar-refractivity contribution in [3.8, 4) is 16.2 Å². The zero-order chi connectivity index (χ0) is 12.7. The summed E-state index contributed by atoms with van der Waals surface area (Å²) in [7, 11) is 1.76. The molecule has 92 valence electrons. The molecule has 4 nitrogen and oxygen atoms in total. The van der Waals surface area contributed by atoms with E-state index in [0.717, 1.165) is 26.9 Å². The Balaban J connectivity index is 2.07. The molecule has 0 aliphatic carbocycles. The van der Waals surface area contributed by atoms with E-state index in [2.05, 4.69) is 0 Å². The smallest absolute Gasteiger partial charge is 0.264 e. The molecule has 2 aromatic rings. The Kier molecular flexibility index (Phi) is 2.48. The van der Waals surface area contributed by atoms with Crippen molar-refractivity contribution < 1.29 is 9.53 Å². The van der Waals surface area contributed by atoms with Gasteiger partial charge in [-0.3, -0.25) is 4.79 Å². The number of anilines is 2. The van der Waals surface area contributed by atoms with Crippen LogP contribution in [-0.4, -0.2) is 19.6 Å². The Morgan fingerprint density at radius 1 is 1.33 bits per heavy atom. The highest BCUT2D eigenvalue weighted by atomic mass is 32.1. The summed E-state index contributed by atoms with van der Waals surface area (Å²) in [6, 6.07) is 9.69. The van der Waals surface area contributed by atoms with E-state index < -0.39 is 0 Å².